The summed E-state index contributed by atoms with van der Waals surface area (Å²) in [7, 11) is 0. The molecule has 0 saturated carbocycles. The van der Waals surface area contributed by atoms with Crippen LogP contribution in [0, 0.1) is 6.92 Å². The van der Waals surface area contributed by atoms with Gasteiger partial charge < -0.3 is 55.6 Å². The highest BCUT2D eigenvalue weighted by atomic mass is 32.1. The summed E-state index contributed by atoms with van der Waals surface area (Å²) in [5, 5.41) is 91.0. The third kappa shape index (κ3) is 6.98. The van der Waals surface area contributed by atoms with E-state index in [1.165, 1.54) is 22.2 Å². The minimum absolute atomic E-state index is 0.0121. The molecule has 3 aromatic heterocycles. The maximum Gasteiger partial charge on any atom is 0.216 e. The van der Waals surface area contributed by atoms with Crippen molar-refractivity contribution in [3.63, 3.8) is 0 Å². The lowest BCUT2D eigenvalue weighted by Gasteiger charge is -2.40. The molecule has 19 heteroatoms. The zero-order valence-corrected chi connectivity index (χ0v) is 25.0. The first-order valence-corrected chi connectivity index (χ1v) is 15.4. The molecule has 0 spiro atoms. The molecule has 0 bridgehead atoms. The van der Waals surface area contributed by atoms with Crippen LogP contribution in [0.4, 0.5) is 5.13 Å². The number of nitrogens with one attached hydrogen (secondary N) is 1. The first kappa shape index (κ1) is 32.9. The Kier molecular flexibility index (Phi) is 10.3. The number of carbonyl (C=O) groups excluding carboxylic acids is 1. The fourth-order valence-corrected chi connectivity index (χ4v) is 6.77. The third-order valence-corrected chi connectivity index (χ3v) is 9.63. The predicted octanol–water partition coefficient (Wildman–Crippen LogP) is -3.43. The van der Waals surface area contributed by atoms with Gasteiger partial charge >= 0.3 is 0 Å². The predicted molar refractivity (Wildman–Crippen MR) is 151 cm³/mol. The summed E-state index contributed by atoms with van der Waals surface area (Å²) in [6.45, 7) is 1.20. The number of thiazole rings is 2. The Morgan fingerprint density at radius 3 is 2.39 bits per heavy atom. The zero-order chi connectivity index (χ0) is 31.7. The van der Waals surface area contributed by atoms with E-state index in [2.05, 4.69) is 25.6 Å². The lowest BCUT2D eigenvalue weighted by molar-refractivity contribution is -0.284. The van der Waals surface area contributed by atoms with Crippen LogP contribution in [0.25, 0.3) is 0 Å². The standard InChI is InChI=1S/C25H34N6O11S2/c1-9-23(19(36)14-5-27-25(43-14)26-4-11-16(33)20(37)18(35)13(8-32)41-11)44-15(28-9)3-2-10-6-31(30-29-10)7-12-17(34)21(38)22(39)24(40)42-12/h5-6,11-13,16-18,20-22,24,32-35,37-40H,2-4,7-8H2,1H3,(H,26,27)/t11-,12?,13-,16-,17?,18-,20-,21?,22?,24?/m1/s1. The number of nitrogens with zero attached hydrogens (tertiary/aromatic N) is 5. The average molecular weight is 659 g/mol. The van der Waals surface area contributed by atoms with Crippen molar-refractivity contribution in [3.05, 3.63) is 38.5 Å². The fourth-order valence-electron chi connectivity index (χ4n) is 4.92. The molecule has 2 aliphatic heterocycles. The molecule has 0 amide bonds. The van der Waals surface area contributed by atoms with E-state index in [0.29, 0.717) is 44.1 Å². The van der Waals surface area contributed by atoms with Crippen LogP contribution in [-0.2, 0) is 28.9 Å². The van der Waals surface area contributed by atoms with Crippen LogP contribution in [0.3, 0.4) is 0 Å². The monoisotopic (exact) mass is 658 g/mol. The van der Waals surface area contributed by atoms with Crippen LogP contribution < -0.4 is 5.32 Å². The molecule has 2 saturated heterocycles. The first-order valence-electron chi connectivity index (χ1n) is 13.7. The molecule has 0 radical (unpaired) electrons. The average Bonchev–Trinajstić information content (AvgIpc) is 3.76. The van der Waals surface area contributed by atoms with E-state index in [1.54, 1.807) is 13.1 Å². The van der Waals surface area contributed by atoms with Gasteiger partial charge in [0.1, 0.15) is 54.9 Å². The van der Waals surface area contributed by atoms with Crippen molar-refractivity contribution in [2.75, 3.05) is 18.5 Å². The molecule has 0 aromatic carbocycles. The first-order chi connectivity index (χ1) is 21.0. The van der Waals surface area contributed by atoms with Gasteiger partial charge in [0.2, 0.25) is 5.78 Å². The molecule has 5 rings (SSSR count). The molecule has 242 valence electrons. The molecule has 0 aliphatic carbocycles. The van der Waals surface area contributed by atoms with Gasteiger partial charge in [0.15, 0.2) is 11.4 Å². The summed E-state index contributed by atoms with van der Waals surface area (Å²) in [6.07, 6.45) is -9.56. The van der Waals surface area contributed by atoms with Crippen LogP contribution in [0.1, 0.15) is 30.9 Å². The number of hydrogen-bond acceptors (Lipinski definition) is 18. The molecule has 3 aromatic rings. The summed E-state index contributed by atoms with van der Waals surface area (Å²) in [5.41, 5.74) is 1.17. The second kappa shape index (κ2) is 13.8. The van der Waals surface area contributed by atoms with E-state index in [-0.39, 0.29) is 18.9 Å². The third-order valence-electron chi connectivity index (χ3n) is 7.46. The summed E-state index contributed by atoms with van der Waals surface area (Å²) < 4.78 is 12.1. The molecule has 9 N–H and O–H groups in total. The molecule has 5 unspecified atom stereocenters. The number of aliphatic hydroxyl groups is 8. The van der Waals surface area contributed by atoms with Gasteiger partial charge in [-0.1, -0.05) is 16.6 Å². The van der Waals surface area contributed by atoms with E-state index in [0.717, 1.165) is 11.3 Å². The Labute approximate surface area is 258 Å². The van der Waals surface area contributed by atoms with Crippen molar-refractivity contribution in [1.29, 1.82) is 0 Å². The number of hydrogen-bond donors (Lipinski definition) is 9. The lowest BCUT2D eigenvalue weighted by Crippen LogP contribution is -2.60. The second-order valence-electron chi connectivity index (χ2n) is 10.6. The highest BCUT2D eigenvalue weighted by Gasteiger charge is 2.44. The lowest BCUT2D eigenvalue weighted by atomic mass is 9.95. The van der Waals surface area contributed by atoms with E-state index >= 15 is 0 Å². The van der Waals surface area contributed by atoms with Crippen molar-refractivity contribution in [2.24, 2.45) is 0 Å². The minimum atomic E-state index is -1.64. The van der Waals surface area contributed by atoms with Crippen LogP contribution in [0.5, 0.6) is 0 Å². The van der Waals surface area contributed by atoms with E-state index in [1.807, 2.05) is 0 Å². The second-order valence-corrected chi connectivity index (χ2v) is 12.7. The van der Waals surface area contributed by atoms with Gasteiger partial charge in [-0.15, -0.1) is 16.4 Å². The molecular formula is C25H34N6O11S2. The molecule has 5 heterocycles. The van der Waals surface area contributed by atoms with Crippen molar-refractivity contribution in [2.45, 2.75) is 87.5 Å². The molecule has 2 aliphatic rings. The topological polar surface area (TPSA) is 266 Å². The van der Waals surface area contributed by atoms with Crippen molar-refractivity contribution in [3.8, 4) is 0 Å². The number of aromatic nitrogens is 5. The highest BCUT2D eigenvalue weighted by Crippen LogP contribution is 2.28. The maximum atomic E-state index is 13.2. The summed E-state index contributed by atoms with van der Waals surface area (Å²) >= 11 is 2.34. The molecule has 44 heavy (non-hydrogen) atoms. The van der Waals surface area contributed by atoms with Gasteiger partial charge in [0, 0.05) is 19.2 Å². The summed E-state index contributed by atoms with van der Waals surface area (Å²) in [4.78, 5) is 22.8. The van der Waals surface area contributed by atoms with Crippen molar-refractivity contribution < 1.29 is 55.1 Å². The number of carbonyl (C=O) groups is 1. The van der Waals surface area contributed by atoms with Crippen molar-refractivity contribution in [1.82, 2.24) is 25.0 Å². The Hall–Kier alpha value is -2.53. The van der Waals surface area contributed by atoms with E-state index in [4.69, 9.17) is 9.47 Å². The SMILES string of the molecule is Cc1nc(CCc2cn(CC3OC(O)C(O)C(O)C3O)nn2)sc1C(=O)c1cnc(NC[C@H]2O[C@H](CO)[C@@H](O)[C@H](O)[C@@H]2O)s1. The molecule has 10 atom stereocenters. The van der Waals surface area contributed by atoms with Crippen LogP contribution >= 0.6 is 22.7 Å². The number of rotatable bonds is 11. The van der Waals surface area contributed by atoms with E-state index in [9.17, 15) is 45.6 Å². The Bertz CT molecular complexity index is 1420. The van der Waals surface area contributed by atoms with E-state index < -0.39 is 67.8 Å². The fraction of sp³-hybridized carbons (Fsp3) is 0.640. The van der Waals surface area contributed by atoms with Crippen molar-refractivity contribution >= 4 is 33.6 Å². The van der Waals surface area contributed by atoms with Crippen LogP contribution in [0.15, 0.2) is 12.4 Å². The Morgan fingerprint density at radius 2 is 1.64 bits per heavy atom. The number of aryl methyl sites for hydroxylation is 3. The number of anilines is 1. The normalized spacial score (nSPS) is 32.6. The Balaban J connectivity index is 1.14. The number of ketones is 1. The smallest absolute Gasteiger partial charge is 0.216 e. The van der Waals surface area contributed by atoms with Gasteiger partial charge in [0.05, 0.1) is 45.5 Å². The molecular weight excluding hydrogens is 624 g/mol. The summed E-state index contributed by atoms with van der Waals surface area (Å²) in [5.74, 6) is -0.254. The van der Waals surface area contributed by atoms with Gasteiger partial charge in [-0.2, -0.15) is 0 Å². The number of ether oxygens (including phenoxy) is 2. The molecule has 2 fully saturated rings. The van der Waals surface area contributed by atoms with Gasteiger partial charge in [-0.25, -0.2) is 14.6 Å². The van der Waals surface area contributed by atoms with Gasteiger partial charge in [-0.05, 0) is 13.3 Å². The largest absolute Gasteiger partial charge is 0.394 e. The quantitative estimate of drug-likeness (QED) is 0.0908. The zero-order valence-electron chi connectivity index (χ0n) is 23.3. The minimum Gasteiger partial charge on any atom is -0.394 e. The van der Waals surface area contributed by atoms with Gasteiger partial charge in [-0.3, -0.25) is 4.79 Å². The highest BCUT2D eigenvalue weighted by molar-refractivity contribution is 7.19. The molecule has 17 nitrogen and oxygen atoms in total. The summed E-state index contributed by atoms with van der Waals surface area (Å²) in [6, 6.07) is 0. The number of aliphatic hydroxyl groups excluding tert-OH is 8. The van der Waals surface area contributed by atoms with Crippen LogP contribution in [0.2, 0.25) is 0 Å². The maximum absolute atomic E-state index is 13.2. The Morgan fingerprint density at radius 1 is 0.932 bits per heavy atom. The van der Waals surface area contributed by atoms with Gasteiger partial charge in [0.25, 0.3) is 0 Å². The van der Waals surface area contributed by atoms with Crippen LogP contribution in [-0.4, -0.2) is 146 Å².